The van der Waals surface area contributed by atoms with Crippen LogP contribution in [0.2, 0.25) is 5.02 Å². The second kappa shape index (κ2) is 5.35. The number of benzene rings is 2. The number of carbonyl (C=O) groups excluding carboxylic acids is 1. The minimum atomic E-state index is -1.19. The fourth-order valence-corrected chi connectivity index (χ4v) is 2.36. The average molecular weight is 308 g/mol. The summed E-state index contributed by atoms with van der Waals surface area (Å²) in [5.74, 6) is -0.315. The molecule has 6 heteroatoms. The van der Waals surface area contributed by atoms with Crippen LogP contribution < -0.4 is 10.1 Å². The van der Waals surface area contributed by atoms with Crippen LogP contribution in [0.4, 0.5) is 10.1 Å². The molecule has 1 amide bonds. The third-order valence-corrected chi connectivity index (χ3v) is 3.44. The monoisotopic (exact) mass is 307 g/mol. The second-order valence-corrected chi connectivity index (χ2v) is 5.10. The van der Waals surface area contributed by atoms with E-state index in [-0.39, 0.29) is 18.1 Å². The summed E-state index contributed by atoms with van der Waals surface area (Å²) in [6, 6.07) is 8.77. The van der Waals surface area contributed by atoms with Gasteiger partial charge in [-0.25, -0.2) is 4.39 Å². The first-order valence-corrected chi connectivity index (χ1v) is 6.62. The van der Waals surface area contributed by atoms with Crippen LogP contribution in [0.1, 0.15) is 17.2 Å². The van der Waals surface area contributed by atoms with Crippen molar-refractivity contribution in [2.75, 3.05) is 11.9 Å². The molecular formula is C15H11ClFNO3. The van der Waals surface area contributed by atoms with Crippen LogP contribution >= 0.6 is 11.6 Å². The van der Waals surface area contributed by atoms with Gasteiger partial charge in [0.15, 0.2) is 6.61 Å². The number of aliphatic hydroxyl groups is 1. The number of aliphatic hydroxyl groups excluding tert-OH is 1. The lowest BCUT2D eigenvalue weighted by Gasteiger charge is -2.20. The zero-order valence-corrected chi connectivity index (χ0v) is 11.5. The molecule has 2 aromatic rings. The molecule has 0 radical (unpaired) electrons. The van der Waals surface area contributed by atoms with Gasteiger partial charge in [-0.2, -0.15) is 0 Å². The van der Waals surface area contributed by atoms with Crippen molar-refractivity contribution in [1.82, 2.24) is 0 Å². The molecule has 3 rings (SSSR count). The Bertz CT molecular complexity index is 720. The Kier molecular flexibility index (Phi) is 3.53. The quantitative estimate of drug-likeness (QED) is 0.897. The van der Waals surface area contributed by atoms with E-state index in [1.807, 2.05) is 0 Å². The maximum absolute atomic E-state index is 13.8. The molecule has 1 atom stereocenters. The summed E-state index contributed by atoms with van der Waals surface area (Å²) in [6.45, 7) is -0.0438. The first kappa shape index (κ1) is 13.9. The van der Waals surface area contributed by atoms with Crippen molar-refractivity contribution in [2.24, 2.45) is 0 Å². The van der Waals surface area contributed by atoms with E-state index in [1.54, 1.807) is 18.2 Å². The Labute approximate surface area is 125 Å². The Morgan fingerprint density at radius 2 is 2.10 bits per heavy atom. The molecule has 0 aliphatic carbocycles. The maximum Gasteiger partial charge on any atom is 0.262 e. The van der Waals surface area contributed by atoms with Gasteiger partial charge in [-0.1, -0.05) is 17.7 Å². The van der Waals surface area contributed by atoms with E-state index in [9.17, 15) is 14.3 Å². The molecule has 0 saturated carbocycles. The van der Waals surface area contributed by atoms with Crippen molar-refractivity contribution >= 4 is 23.2 Å². The van der Waals surface area contributed by atoms with Crippen LogP contribution in [0.25, 0.3) is 0 Å². The normalized spacial score (nSPS) is 14.9. The van der Waals surface area contributed by atoms with Crippen LogP contribution in [-0.4, -0.2) is 17.6 Å². The predicted molar refractivity (Wildman–Crippen MR) is 76.0 cm³/mol. The highest BCUT2D eigenvalue weighted by Gasteiger charge is 2.20. The van der Waals surface area contributed by atoms with Crippen LogP contribution in [0.5, 0.6) is 5.75 Å². The van der Waals surface area contributed by atoms with E-state index in [2.05, 4.69) is 5.32 Å². The highest BCUT2D eigenvalue weighted by Crippen LogP contribution is 2.33. The van der Waals surface area contributed by atoms with Crippen LogP contribution in [0.3, 0.4) is 0 Å². The van der Waals surface area contributed by atoms with Crippen molar-refractivity contribution < 1.29 is 19.0 Å². The van der Waals surface area contributed by atoms with Gasteiger partial charge in [-0.3, -0.25) is 4.79 Å². The fourth-order valence-electron chi connectivity index (χ4n) is 2.17. The van der Waals surface area contributed by atoms with Crippen LogP contribution in [-0.2, 0) is 4.79 Å². The number of amides is 1. The van der Waals surface area contributed by atoms with Crippen molar-refractivity contribution in [3.8, 4) is 5.75 Å². The molecule has 2 N–H and O–H groups in total. The molecule has 108 valence electrons. The molecule has 1 aliphatic rings. The smallest absolute Gasteiger partial charge is 0.262 e. The predicted octanol–water partition coefficient (Wildman–Crippen LogP) is 2.89. The molecular weight excluding hydrogens is 297 g/mol. The van der Waals surface area contributed by atoms with Crippen LogP contribution in [0.15, 0.2) is 36.4 Å². The number of ether oxygens (including phenoxy) is 1. The number of anilines is 1. The average Bonchev–Trinajstić information content (AvgIpc) is 2.48. The molecule has 1 heterocycles. The van der Waals surface area contributed by atoms with E-state index in [1.165, 1.54) is 18.2 Å². The van der Waals surface area contributed by atoms with E-state index >= 15 is 0 Å². The van der Waals surface area contributed by atoms with Gasteiger partial charge < -0.3 is 15.2 Å². The summed E-state index contributed by atoms with van der Waals surface area (Å²) in [5.41, 5.74) is 0.955. The second-order valence-electron chi connectivity index (χ2n) is 4.66. The number of rotatable bonds is 2. The van der Waals surface area contributed by atoms with E-state index in [0.29, 0.717) is 22.0 Å². The van der Waals surface area contributed by atoms with Crippen molar-refractivity contribution in [3.05, 3.63) is 58.4 Å². The third-order valence-electron chi connectivity index (χ3n) is 3.20. The SMILES string of the molecule is O=C1COc2ccc(C(O)c3cc(Cl)ccc3F)cc2N1. The minimum Gasteiger partial charge on any atom is -0.482 e. The lowest BCUT2D eigenvalue weighted by Crippen LogP contribution is -2.25. The minimum absolute atomic E-state index is 0.0438. The van der Waals surface area contributed by atoms with Gasteiger partial charge in [-0.05, 0) is 35.9 Å². The number of halogens is 2. The largest absolute Gasteiger partial charge is 0.482 e. The van der Waals surface area contributed by atoms with Gasteiger partial charge >= 0.3 is 0 Å². The van der Waals surface area contributed by atoms with Gasteiger partial charge in [0.05, 0.1) is 5.69 Å². The number of fused-ring (bicyclic) bond motifs is 1. The molecule has 4 nitrogen and oxygen atoms in total. The zero-order chi connectivity index (χ0) is 15.0. The molecule has 21 heavy (non-hydrogen) atoms. The number of hydrogen-bond donors (Lipinski definition) is 2. The molecule has 2 aromatic carbocycles. The molecule has 0 bridgehead atoms. The van der Waals surface area contributed by atoms with Crippen LogP contribution in [0, 0.1) is 5.82 Å². The summed E-state index contributed by atoms with van der Waals surface area (Å²) in [5, 5.41) is 13.3. The lowest BCUT2D eigenvalue weighted by molar-refractivity contribution is -0.118. The van der Waals surface area contributed by atoms with Gasteiger partial charge in [0.1, 0.15) is 17.7 Å². The highest BCUT2D eigenvalue weighted by molar-refractivity contribution is 6.30. The summed E-state index contributed by atoms with van der Waals surface area (Å²) in [7, 11) is 0. The third kappa shape index (κ3) is 2.70. The van der Waals surface area contributed by atoms with E-state index in [4.69, 9.17) is 16.3 Å². The number of carbonyl (C=O) groups is 1. The summed E-state index contributed by atoms with van der Waals surface area (Å²) in [6.07, 6.45) is -1.19. The van der Waals surface area contributed by atoms with E-state index < -0.39 is 11.9 Å². The van der Waals surface area contributed by atoms with Crippen molar-refractivity contribution in [2.45, 2.75) is 6.10 Å². The standard InChI is InChI=1S/C15H11ClFNO3/c16-9-2-3-11(17)10(6-9)15(20)8-1-4-13-12(5-8)18-14(19)7-21-13/h1-6,15,20H,7H2,(H,18,19). The molecule has 0 saturated heterocycles. The molecule has 1 aliphatic heterocycles. The summed E-state index contributed by atoms with van der Waals surface area (Å²) >= 11 is 5.83. The Balaban J connectivity index is 1.98. The number of nitrogens with one attached hydrogen (secondary N) is 1. The highest BCUT2D eigenvalue weighted by atomic mass is 35.5. The Morgan fingerprint density at radius 3 is 2.90 bits per heavy atom. The van der Waals surface area contributed by atoms with Crippen molar-refractivity contribution in [1.29, 1.82) is 0 Å². The van der Waals surface area contributed by atoms with Crippen molar-refractivity contribution in [3.63, 3.8) is 0 Å². The molecule has 0 fully saturated rings. The van der Waals surface area contributed by atoms with E-state index in [0.717, 1.165) is 0 Å². The lowest BCUT2D eigenvalue weighted by atomic mass is 10.00. The topological polar surface area (TPSA) is 58.6 Å². The van der Waals surface area contributed by atoms with Gasteiger partial charge in [-0.15, -0.1) is 0 Å². The zero-order valence-electron chi connectivity index (χ0n) is 10.8. The molecule has 0 spiro atoms. The molecule has 1 unspecified atom stereocenters. The maximum atomic E-state index is 13.8. The van der Waals surface area contributed by atoms with Gasteiger partial charge in [0, 0.05) is 10.6 Å². The first-order chi connectivity index (χ1) is 10.0. The first-order valence-electron chi connectivity index (χ1n) is 6.24. The van der Waals surface area contributed by atoms with Gasteiger partial charge in [0.25, 0.3) is 5.91 Å². The summed E-state index contributed by atoms with van der Waals surface area (Å²) in [4.78, 5) is 11.3. The Hall–Kier alpha value is -2.11. The Morgan fingerprint density at radius 1 is 1.29 bits per heavy atom. The summed E-state index contributed by atoms with van der Waals surface area (Å²) < 4.78 is 19.0. The number of hydrogen-bond acceptors (Lipinski definition) is 3. The molecule has 0 aromatic heterocycles. The van der Waals surface area contributed by atoms with Gasteiger partial charge in [0.2, 0.25) is 0 Å². The fraction of sp³-hybridized carbons (Fsp3) is 0.133.